The van der Waals surface area contributed by atoms with Gasteiger partial charge in [-0.3, -0.25) is 4.79 Å². The molecule has 0 aliphatic heterocycles. The molecule has 4 aromatic rings. The fraction of sp³-hybridized carbons (Fsp3) is 0.280. The molecular weight excluding hydrogens is 513 g/mol. The average molecular weight is 542 g/mol. The Morgan fingerprint density at radius 1 is 1.29 bits per heavy atom. The summed E-state index contributed by atoms with van der Waals surface area (Å²) in [5, 5.41) is 11.5. The first kappa shape index (κ1) is 26.9. The highest BCUT2D eigenvalue weighted by Gasteiger charge is 2.23. The van der Waals surface area contributed by atoms with Crippen LogP contribution in [0.3, 0.4) is 0 Å². The molecule has 38 heavy (non-hydrogen) atoms. The molecule has 0 atom stereocenters. The number of allylic oxidation sites excluding steroid dienone is 1. The lowest BCUT2D eigenvalue weighted by Gasteiger charge is -2.12. The van der Waals surface area contributed by atoms with Crippen LogP contribution in [0.25, 0.3) is 11.3 Å². The van der Waals surface area contributed by atoms with Gasteiger partial charge in [0.2, 0.25) is 6.41 Å². The minimum atomic E-state index is -0.569. The van der Waals surface area contributed by atoms with Crippen molar-refractivity contribution in [3.63, 3.8) is 0 Å². The van der Waals surface area contributed by atoms with Crippen LogP contribution in [0.4, 0.5) is 4.39 Å². The molecule has 1 saturated carbocycles. The van der Waals surface area contributed by atoms with Gasteiger partial charge in [-0.1, -0.05) is 22.9 Å². The van der Waals surface area contributed by atoms with Crippen LogP contribution in [0.15, 0.2) is 54.8 Å². The van der Waals surface area contributed by atoms with E-state index in [-0.39, 0.29) is 23.0 Å². The Labute approximate surface area is 223 Å². The Morgan fingerprint density at radius 2 is 2.08 bits per heavy atom. The number of halogens is 2. The Morgan fingerprint density at radius 3 is 2.71 bits per heavy atom. The van der Waals surface area contributed by atoms with Crippen molar-refractivity contribution in [2.75, 3.05) is 7.11 Å². The zero-order valence-electron chi connectivity index (χ0n) is 21.0. The highest BCUT2D eigenvalue weighted by Crippen LogP contribution is 2.39. The Balaban J connectivity index is 0.000000177. The van der Waals surface area contributed by atoms with E-state index in [2.05, 4.69) is 43.3 Å². The number of nitrogens with one attached hydrogen (secondary N) is 1. The maximum Gasteiger partial charge on any atom is 0.207 e. The monoisotopic (exact) mass is 541 g/mol. The first-order valence-electron chi connectivity index (χ1n) is 11.8. The second-order valence-electron chi connectivity index (χ2n) is 8.84. The summed E-state index contributed by atoms with van der Waals surface area (Å²) >= 11 is 5.68. The third-order valence-corrected chi connectivity index (χ3v) is 5.94. The fourth-order valence-corrected chi connectivity index (χ4v) is 4.05. The van der Waals surface area contributed by atoms with Crippen LogP contribution in [0.2, 0.25) is 5.15 Å². The van der Waals surface area contributed by atoms with Crippen molar-refractivity contribution in [3.8, 4) is 11.4 Å². The maximum atomic E-state index is 14.2. The summed E-state index contributed by atoms with van der Waals surface area (Å²) in [7, 11) is 1.36. The number of aromatic nitrogens is 5. The van der Waals surface area contributed by atoms with E-state index in [9.17, 15) is 9.18 Å². The number of ether oxygens (including phenoxy) is 1. The van der Waals surface area contributed by atoms with Gasteiger partial charge in [-0.25, -0.2) is 19.9 Å². The zero-order valence-corrected chi connectivity index (χ0v) is 21.8. The number of hydrazine groups is 1. The molecule has 1 fully saturated rings. The molecule has 0 unspecified atom stereocenters. The molecule has 3 aromatic heterocycles. The number of pyridine rings is 1. The van der Waals surface area contributed by atoms with Crippen molar-refractivity contribution in [1.82, 2.24) is 34.7 Å². The Kier molecular flexibility index (Phi) is 8.44. The molecule has 13 heteroatoms. The molecule has 3 heterocycles. The number of benzene rings is 1. The van der Waals surface area contributed by atoms with E-state index in [1.165, 1.54) is 42.5 Å². The average Bonchev–Trinajstić information content (AvgIpc) is 3.52. The van der Waals surface area contributed by atoms with Gasteiger partial charge in [0, 0.05) is 36.4 Å². The minimum absolute atomic E-state index is 0.000649. The van der Waals surface area contributed by atoms with Crippen molar-refractivity contribution in [2.24, 2.45) is 11.6 Å². The van der Waals surface area contributed by atoms with Crippen LogP contribution in [-0.4, -0.2) is 42.9 Å². The fourth-order valence-electron chi connectivity index (χ4n) is 3.93. The predicted molar refractivity (Wildman–Crippen MR) is 141 cm³/mol. The SMILES string of the molecule is C/C(N)=C/N(N)Cc1cn2cc(C3CC3)ccc2n1.COc1ccc(-n2cc(Cl)nn2)c(CNC=O)c1F. The molecular formula is C25H29ClFN9O2. The molecule has 0 saturated heterocycles. The van der Waals surface area contributed by atoms with Gasteiger partial charge in [-0.15, -0.1) is 5.10 Å². The van der Waals surface area contributed by atoms with Gasteiger partial charge in [0.25, 0.3) is 0 Å². The van der Waals surface area contributed by atoms with Gasteiger partial charge in [-0.05, 0) is 49.4 Å². The number of amides is 1. The summed E-state index contributed by atoms with van der Waals surface area (Å²) < 4.78 is 22.5. The summed E-state index contributed by atoms with van der Waals surface area (Å²) in [6, 6.07) is 7.31. The third-order valence-electron chi connectivity index (χ3n) is 5.76. The molecule has 0 radical (unpaired) electrons. The zero-order chi connectivity index (χ0) is 27.2. The summed E-state index contributed by atoms with van der Waals surface area (Å²) in [4.78, 5) is 14.9. The van der Waals surface area contributed by atoms with Crippen molar-refractivity contribution in [2.45, 2.75) is 38.8 Å². The molecule has 1 aliphatic carbocycles. The Bertz CT molecular complexity index is 1440. The summed E-state index contributed by atoms with van der Waals surface area (Å²) in [5.74, 6) is 6.11. The molecule has 1 aromatic carbocycles. The van der Waals surface area contributed by atoms with E-state index in [4.69, 9.17) is 27.9 Å². The van der Waals surface area contributed by atoms with Gasteiger partial charge in [0.15, 0.2) is 16.7 Å². The van der Waals surface area contributed by atoms with Crippen LogP contribution in [0, 0.1) is 5.82 Å². The second kappa shape index (κ2) is 11.9. The van der Waals surface area contributed by atoms with Crippen LogP contribution >= 0.6 is 11.6 Å². The minimum Gasteiger partial charge on any atom is -0.494 e. The molecule has 1 aliphatic rings. The van der Waals surface area contributed by atoms with E-state index in [1.54, 1.807) is 17.3 Å². The van der Waals surface area contributed by atoms with Crippen molar-refractivity contribution < 1.29 is 13.9 Å². The van der Waals surface area contributed by atoms with Crippen molar-refractivity contribution >= 4 is 23.7 Å². The van der Waals surface area contributed by atoms with Gasteiger partial charge < -0.3 is 25.2 Å². The summed E-state index contributed by atoms with van der Waals surface area (Å²) in [6.07, 6.45) is 10.5. The molecule has 5 N–H and O–H groups in total. The number of nitrogens with zero attached hydrogens (tertiary/aromatic N) is 6. The quantitative estimate of drug-likeness (QED) is 0.167. The topological polar surface area (TPSA) is 142 Å². The van der Waals surface area contributed by atoms with Crippen LogP contribution < -0.4 is 21.6 Å². The molecule has 200 valence electrons. The summed E-state index contributed by atoms with van der Waals surface area (Å²) in [6.45, 7) is 2.36. The highest BCUT2D eigenvalue weighted by atomic mass is 35.5. The van der Waals surface area contributed by atoms with Gasteiger partial charge >= 0.3 is 0 Å². The van der Waals surface area contributed by atoms with Crippen molar-refractivity contribution in [3.05, 3.63) is 82.5 Å². The van der Waals surface area contributed by atoms with E-state index in [0.717, 1.165) is 17.3 Å². The number of nitrogens with two attached hydrogens (primary N) is 2. The first-order chi connectivity index (χ1) is 18.3. The normalized spacial score (nSPS) is 13.1. The number of carbonyl (C=O) groups excluding carboxylic acids is 1. The lowest BCUT2D eigenvalue weighted by atomic mass is 10.1. The standard InChI is InChI=1S/C14H19N5.C11H10ClFN4O2/c1-10(15)6-19(16)9-13-8-18-7-12(11-2-3-11)4-5-14(18)17-13;1-19-9-3-2-8(17-5-10(12)15-16-17)7(11(9)13)4-14-6-18/h4-8,11H,2-3,9,15-16H2,1H3;2-3,5-6H,4H2,1H3,(H,14,18)/b10-6-;. The number of rotatable bonds is 9. The molecule has 0 bridgehead atoms. The van der Waals surface area contributed by atoms with Crippen LogP contribution in [0.5, 0.6) is 5.75 Å². The molecule has 11 nitrogen and oxygen atoms in total. The predicted octanol–water partition coefficient (Wildman–Crippen LogP) is 3.02. The van der Waals surface area contributed by atoms with Gasteiger partial charge in [0.05, 0.1) is 31.2 Å². The number of imidazole rings is 1. The van der Waals surface area contributed by atoms with Crippen LogP contribution in [0.1, 0.15) is 42.5 Å². The lowest BCUT2D eigenvalue weighted by Crippen LogP contribution is -2.25. The van der Waals surface area contributed by atoms with E-state index >= 15 is 0 Å². The van der Waals surface area contributed by atoms with Gasteiger partial charge in [-0.2, -0.15) is 0 Å². The van der Waals surface area contributed by atoms with E-state index in [0.29, 0.717) is 24.3 Å². The van der Waals surface area contributed by atoms with E-state index < -0.39 is 5.82 Å². The van der Waals surface area contributed by atoms with Gasteiger partial charge in [0.1, 0.15) is 5.65 Å². The Hall–Kier alpha value is -4.16. The molecule has 5 rings (SSSR count). The third kappa shape index (κ3) is 6.58. The summed E-state index contributed by atoms with van der Waals surface area (Å²) in [5.41, 5.74) is 10.2. The smallest absolute Gasteiger partial charge is 0.207 e. The number of carbonyl (C=O) groups is 1. The lowest BCUT2D eigenvalue weighted by molar-refractivity contribution is -0.109. The highest BCUT2D eigenvalue weighted by molar-refractivity contribution is 6.29. The largest absolute Gasteiger partial charge is 0.494 e. The number of hydrogen-bond acceptors (Lipinski definition) is 8. The van der Waals surface area contributed by atoms with Crippen molar-refractivity contribution in [1.29, 1.82) is 0 Å². The molecule has 0 spiro atoms. The number of fused-ring (bicyclic) bond motifs is 1. The van der Waals surface area contributed by atoms with E-state index in [1.807, 2.05) is 13.1 Å². The van der Waals surface area contributed by atoms with Crippen LogP contribution in [-0.2, 0) is 17.9 Å². The second-order valence-corrected chi connectivity index (χ2v) is 9.23. The maximum absolute atomic E-state index is 14.2. The number of methoxy groups -OCH3 is 1. The molecule has 1 amide bonds. The number of hydrogen-bond donors (Lipinski definition) is 3. The first-order valence-corrected chi connectivity index (χ1v) is 12.2.